The van der Waals surface area contributed by atoms with Gasteiger partial charge in [-0.3, -0.25) is 19.2 Å². The van der Waals surface area contributed by atoms with Crippen LogP contribution < -0.4 is 5.32 Å². The molecule has 0 spiro atoms. The van der Waals surface area contributed by atoms with Crippen LogP contribution >= 0.6 is 0 Å². The van der Waals surface area contributed by atoms with Gasteiger partial charge in [0.05, 0.1) is 29.2 Å². The van der Waals surface area contributed by atoms with E-state index in [-0.39, 0.29) is 64.3 Å². The number of ether oxygens (including phenoxy) is 1. The number of carbonyl (C=O) groups is 4. The molecule has 0 aliphatic heterocycles. The third-order valence-corrected chi connectivity index (χ3v) is 17.2. The lowest BCUT2D eigenvalue weighted by molar-refractivity contribution is -0.250. The van der Waals surface area contributed by atoms with Crippen molar-refractivity contribution in [3.63, 3.8) is 0 Å². The van der Waals surface area contributed by atoms with Gasteiger partial charge in [0.1, 0.15) is 6.10 Å². The van der Waals surface area contributed by atoms with Crippen molar-refractivity contribution in [1.29, 1.82) is 0 Å². The molecule has 0 saturated heterocycles. The minimum Gasteiger partial charge on any atom is -0.481 e. The summed E-state index contributed by atoms with van der Waals surface area (Å²) in [6, 6.07) is -1.47. The first-order chi connectivity index (χ1) is 24.4. The standard InChI is InChI=1S/C43H65F2NO7/c1-24(2)20-25-12-17-42(35(51)46-30-21-26(34(49)50)22-43(30,44)45)19-18-40(8)27(33(25)42)10-11-29-39(7)15-14-31(53-36(52)37(3,4)23-32(47)48)38(5,6)28(39)13-16-41(29,40)9/h25-31,33H,1,10-23H2,2-9H3,(H,46,51)(H,47,48)(H,49,50). The summed E-state index contributed by atoms with van der Waals surface area (Å²) in [6.45, 7) is 21.5. The topological polar surface area (TPSA) is 130 Å². The molecule has 12 atom stereocenters. The van der Waals surface area contributed by atoms with Gasteiger partial charge in [-0.15, -0.1) is 6.58 Å². The molecule has 12 unspecified atom stereocenters. The average Bonchev–Trinajstić information content (AvgIpc) is 3.54. The Bertz CT molecular complexity index is 1540. The van der Waals surface area contributed by atoms with Crippen molar-refractivity contribution < 1.29 is 42.9 Å². The van der Waals surface area contributed by atoms with Gasteiger partial charge in [-0.2, -0.15) is 0 Å². The van der Waals surface area contributed by atoms with Gasteiger partial charge in [0, 0.05) is 11.8 Å². The van der Waals surface area contributed by atoms with Crippen molar-refractivity contribution in [2.45, 2.75) is 163 Å². The molecule has 10 heteroatoms. The molecule has 8 nitrogen and oxygen atoms in total. The molecule has 0 aromatic carbocycles. The zero-order valence-corrected chi connectivity index (χ0v) is 33.4. The quantitative estimate of drug-likeness (QED) is 0.159. The molecule has 53 heavy (non-hydrogen) atoms. The predicted octanol–water partition coefficient (Wildman–Crippen LogP) is 9.06. The largest absolute Gasteiger partial charge is 0.481 e. The van der Waals surface area contributed by atoms with Crippen molar-refractivity contribution in [3.05, 3.63) is 12.2 Å². The number of amides is 1. The van der Waals surface area contributed by atoms with Crippen LogP contribution in [0.3, 0.4) is 0 Å². The van der Waals surface area contributed by atoms with Crippen LogP contribution in [0.4, 0.5) is 8.78 Å². The fraction of sp³-hybridized carbons (Fsp3) is 0.860. The molecular weight excluding hydrogens is 680 g/mol. The Morgan fingerprint density at radius 1 is 0.868 bits per heavy atom. The van der Waals surface area contributed by atoms with Crippen LogP contribution in [-0.4, -0.2) is 52.1 Å². The SMILES string of the molecule is C=C(C)CC1CCC2(C(=O)NC3CC(C(=O)O)CC3(F)F)CCC3(C)C(CCC4C5(C)CCC(OC(=O)C(C)(C)CC(=O)O)C(C)(C)C5CCC43C)C12. The Hall–Kier alpha value is -2.52. The van der Waals surface area contributed by atoms with Crippen LogP contribution in [-0.2, 0) is 23.9 Å². The van der Waals surface area contributed by atoms with Gasteiger partial charge in [0.25, 0.3) is 5.92 Å². The lowest BCUT2D eigenvalue weighted by Gasteiger charge is -2.73. The molecule has 6 rings (SSSR count). The van der Waals surface area contributed by atoms with Crippen LogP contribution in [0.2, 0.25) is 0 Å². The first kappa shape index (κ1) is 40.2. The maximum absolute atomic E-state index is 15.2. The number of carboxylic acids is 2. The van der Waals surface area contributed by atoms with Gasteiger partial charge in [-0.1, -0.05) is 40.2 Å². The Balaban J connectivity index is 1.27. The van der Waals surface area contributed by atoms with Crippen molar-refractivity contribution in [2.75, 3.05) is 0 Å². The molecule has 0 aromatic rings. The van der Waals surface area contributed by atoms with Crippen molar-refractivity contribution in [1.82, 2.24) is 5.32 Å². The van der Waals surface area contributed by atoms with Crippen LogP contribution in [0, 0.1) is 68.0 Å². The predicted molar refractivity (Wildman–Crippen MR) is 197 cm³/mol. The third kappa shape index (κ3) is 6.17. The van der Waals surface area contributed by atoms with E-state index in [1.54, 1.807) is 13.8 Å². The minimum atomic E-state index is -3.26. The number of allylic oxidation sites excluding steroid dienone is 1. The monoisotopic (exact) mass is 745 g/mol. The summed E-state index contributed by atoms with van der Waals surface area (Å²) < 4.78 is 36.6. The number of fused-ring (bicyclic) bond motifs is 7. The third-order valence-electron chi connectivity index (χ3n) is 17.2. The van der Waals surface area contributed by atoms with Crippen LogP contribution in [0.1, 0.15) is 145 Å². The highest BCUT2D eigenvalue weighted by molar-refractivity contribution is 5.84. The normalized spacial score (nSPS) is 44.0. The molecule has 3 N–H and O–H groups in total. The number of hydrogen-bond acceptors (Lipinski definition) is 5. The first-order valence-corrected chi connectivity index (χ1v) is 20.3. The van der Waals surface area contributed by atoms with Gasteiger partial charge in [-0.25, -0.2) is 8.78 Å². The van der Waals surface area contributed by atoms with Gasteiger partial charge in [0.2, 0.25) is 5.91 Å². The number of aliphatic carboxylic acids is 2. The van der Waals surface area contributed by atoms with Crippen molar-refractivity contribution in [3.8, 4) is 0 Å². The van der Waals surface area contributed by atoms with E-state index in [1.807, 2.05) is 6.92 Å². The van der Waals surface area contributed by atoms with E-state index >= 15 is 8.78 Å². The highest BCUT2D eigenvalue weighted by atomic mass is 19.3. The van der Waals surface area contributed by atoms with E-state index in [0.717, 1.165) is 63.4 Å². The summed E-state index contributed by atoms with van der Waals surface area (Å²) in [7, 11) is 0. The number of nitrogens with one attached hydrogen (secondary N) is 1. The second kappa shape index (κ2) is 13.0. The molecule has 6 aliphatic rings. The Labute approximate surface area is 315 Å². The summed E-state index contributed by atoms with van der Waals surface area (Å²) in [5.41, 5.74) is -1.20. The molecule has 0 bridgehead atoms. The number of esters is 1. The molecule has 298 valence electrons. The number of halogens is 2. The zero-order valence-electron chi connectivity index (χ0n) is 33.4. The highest BCUT2D eigenvalue weighted by Gasteiger charge is 2.72. The van der Waals surface area contributed by atoms with E-state index in [2.05, 4.69) is 46.5 Å². The van der Waals surface area contributed by atoms with Crippen LogP contribution in [0.25, 0.3) is 0 Å². The Morgan fingerprint density at radius 2 is 1.55 bits per heavy atom. The summed E-state index contributed by atoms with van der Waals surface area (Å²) in [5.74, 6) is -6.20. The molecule has 0 radical (unpaired) electrons. The summed E-state index contributed by atoms with van der Waals surface area (Å²) in [5, 5.41) is 21.7. The van der Waals surface area contributed by atoms with Gasteiger partial charge >= 0.3 is 17.9 Å². The summed E-state index contributed by atoms with van der Waals surface area (Å²) in [6.07, 6.45) is 7.86. The molecule has 0 heterocycles. The lowest BCUT2D eigenvalue weighted by Crippen LogP contribution is -2.67. The van der Waals surface area contributed by atoms with Gasteiger partial charge < -0.3 is 20.3 Å². The summed E-state index contributed by atoms with van der Waals surface area (Å²) in [4.78, 5) is 51.0. The Morgan fingerprint density at radius 3 is 2.15 bits per heavy atom. The molecule has 0 aromatic heterocycles. The number of carbonyl (C=O) groups excluding carboxylic acids is 2. The number of rotatable bonds is 9. The van der Waals surface area contributed by atoms with E-state index < -0.39 is 53.0 Å². The van der Waals surface area contributed by atoms with E-state index in [4.69, 9.17) is 4.74 Å². The second-order valence-corrected chi connectivity index (χ2v) is 20.8. The molecule has 1 amide bonds. The van der Waals surface area contributed by atoms with Gasteiger partial charge in [-0.05, 0) is 144 Å². The smallest absolute Gasteiger partial charge is 0.312 e. The molecule has 6 fully saturated rings. The Kier molecular flexibility index (Phi) is 9.87. The maximum atomic E-state index is 15.2. The van der Waals surface area contributed by atoms with E-state index in [9.17, 15) is 29.4 Å². The average molecular weight is 746 g/mol. The van der Waals surface area contributed by atoms with Crippen LogP contribution in [0.5, 0.6) is 0 Å². The summed E-state index contributed by atoms with van der Waals surface area (Å²) >= 11 is 0. The number of hydrogen-bond donors (Lipinski definition) is 3. The first-order valence-electron chi connectivity index (χ1n) is 20.3. The highest BCUT2D eigenvalue weighted by Crippen LogP contribution is 2.77. The van der Waals surface area contributed by atoms with Gasteiger partial charge in [0.15, 0.2) is 0 Å². The van der Waals surface area contributed by atoms with Crippen molar-refractivity contribution >= 4 is 23.8 Å². The van der Waals surface area contributed by atoms with E-state index in [0.29, 0.717) is 24.7 Å². The fourth-order valence-electron chi connectivity index (χ4n) is 14.4. The fourth-order valence-corrected chi connectivity index (χ4v) is 14.4. The number of carboxylic acid groups (broad SMARTS) is 2. The van der Waals surface area contributed by atoms with Crippen molar-refractivity contribution in [2.24, 2.45) is 68.0 Å². The van der Waals surface area contributed by atoms with Crippen LogP contribution in [0.15, 0.2) is 12.2 Å². The lowest BCUT2D eigenvalue weighted by atomic mass is 9.32. The van der Waals surface area contributed by atoms with E-state index in [1.165, 1.54) is 0 Å². The molecule has 6 saturated carbocycles. The zero-order chi connectivity index (χ0) is 39.3. The molecule has 6 aliphatic carbocycles. The maximum Gasteiger partial charge on any atom is 0.312 e. The molecular formula is C43H65F2NO7. The number of alkyl halides is 2. The second-order valence-electron chi connectivity index (χ2n) is 20.8. The minimum absolute atomic E-state index is 0.00258.